The zero-order chi connectivity index (χ0) is 13.3. The molecule has 4 heteroatoms. The highest BCUT2D eigenvalue weighted by Crippen LogP contribution is 2.33. The molecule has 2 atom stereocenters. The lowest BCUT2D eigenvalue weighted by Crippen LogP contribution is -2.44. The minimum absolute atomic E-state index is 0.309. The first-order valence-corrected chi connectivity index (χ1v) is 7.15. The molecule has 2 rings (SSSR count). The molecule has 0 aromatic heterocycles. The van der Waals surface area contributed by atoms with E-state index in [1.54, 1.807) is 7.11 Å². The van der Waals surface area contributed by atoms with E-state index >= 15 is 0 Å². The summed E-state index contributed by atoms with van der Waals surface area (Å²) in [7, 11) is 1.80. The molecule has 1 aliphatic rings. The first-order chi connectivity index (χ1) is 8.52. The van der Waals surface area contributed by atoms with E-state index in [0.29, 0.717) is 12.0 Å². The number of halogens is 1. The minimum Gasteiger partial charge on any atom is -0.398 e. The van der Waals surface area contributed by atoms with Crippen molar-refractivity contribution in [3.8, 4) is 0 Å². The number of benzene rings is 1. The summed E-state index contributed by atoms with van der Waals surface area (Å²) in [5.74, 6) is 0.625. The zero-order valence-electron chi connectivity index (χ0n) is 11.2. The molecule has 1 heterocycles. The Kier molecular flexibility index (Phi) is 4.17. The molecule has 1 saturated heterocycles. The summed E-state index contributed by atoms with van der Waals surface area (Å²) in [6, 6.07) is 4.15. The summed E-state index contributed by atoms with van der Waals surface area (Å²) in [6.07, 6.45) is 1.47. The van der Waals surface area contributed by atoms with Crippen LogP contribution in [0.2, 0.25) is 0 Å². The van der Waals surface area contributed by atoms with Crippen LogP contribution in [0.3, 0.4) is 0 Å². The van der Waals surface area contributed by atoms with E-state index in [2.05, 4.69) is 33.8 Å². The van der Waals surface area contributed by atoms with E-state index in [-0.39, 0.29) is 0 Å². The van der Waals surface area contributed by atoms with Gasteiger partial charge in [-0.3, -0.25) is 0 Å². The second-order valence-electron chi connectivity index (χ2n) is 5.15. The largest absolute Gasteiger partial charge is 0.398 e. The molecular formula is C14H21BrN2O. The number of rotatable bonds is 2. The van der Waals surface area contributed by atoms with Gasteiger partial charge in [0.25, 0.3) is 0 Å². The van der Waals surface area contributed by atoms with Crippen molar-refractivity contribution >= 4 is 27.3 Å². The Morgan fingerprint density at radius 3 is 2.83 bits per heavy atom. The maximum Gasteiger partial charge on any atom is 0.0772 e. The van der Waals surface area contributed by atoms with Crippen LogP contribution >= 0.6 is 15.9 Å². The third kappa shape index (κ3) is 2.64. The molecule has 1 aliphatic heterocycles. The summed E-state index contributed by atoms with van der Waals surface area (Å²) in [4.78, 5) is 2.38. The smallest absolute Gasteiger partial charge is 0.0772 e. The van der Waals surface area contributed by atoms with Gasteiger partial charge in [0.1, 0.15) is 0 Å². The van der Waals surface area contributed by atoms with Gasteiger partial charge in [0.15, 0.2) is 0 Å². The van der Waals surface area contributed by atoms with Crippen molar-refractivity contribution in [2.45, 2.75) is 26.4 Å². The van der Waals surface area contributed by atoms with Crippen molar-refractivity contribution in [1.82, 2.24) is 0 Å². The Balaban J connectivity index is 2.24. The maximum absolute atomic E-state index is 5.92. The van der Waals surface area contributed by atoms with Gasteiger partial charge in [0.2, 0.25) is 0 Å². The van der Waals surface area contributed by atoms with Crippen LogP contribution in [0.5, 0.6) is 0 Å². The predicted octanol–water partition coefficient (Wildman–Crippen LogP) is 3.20. The van der Waals surface area contributed by atoms with Gasteiger partial charge in [-0.05, 0) is 52.9 Å². The van der Waals surface area contributed by atoms with E-state index in [4.69, 9.17) is 10.5 Å². The molecule has 3 nitrogen and oxygen atoms in total. The summed E-state index contributed by atoms with van der Waals surface area (Å²) in [5.41, 5.74) is 9.10. The van der Waals surface area contributed by atoms with Crippen molar-refractivity contribution < 1.29 is 4.74 Å². The fourth-order valence-corrected chi connectivity index (χ4v) is 3.10. The molecule has 0 radical (unpaired) electrons. The number of hydrogen-bond donors (Lipinski definition) is 1. The monoisotopic (exact) mass is 312 g/mol. The van der Waals surface area contributed by atoms with Gasteiger partial charge in [-0.1, -0.05) is 6.92 Å². The summed E-state index contributed by atoms with van der Waals surface area (Å²) < 4.78 is 6.63. The van der Waals surface area contributed by atoms with Crippen molar-refractivity contribution in [2.75, 3.05) is 30.8 Å². The number of nitrogens with two attached hydrogens (primary N) is 1. The van der Waals surface area contributed by atoms with E-state index < -0.39 is 0 Å². The van der Waals surface area contributed by atoms with Crippen LogP contribution in [0.25, 0.3) is 0 Å². The number of aryl methyl sites for hydroxylation is 1. The van der Waals surface area contributed by atoms with Crippen molar-refractivity contribution in [3.05, 3.63) is 22.2 Å². The molecule has 0 bridgehead atoms. The van der Waals surface area contributed by atoms with Gasteiger partial charge in [0.05, 0.1) is 11.8 Å². The molecule has 100 valence electrons. The quantitative estimate of drug-likeness (QED) is 0.852. The van der Waals surface area contributed by atoms with E-state index in [1.165, 1.54) is 5.69 Å². The average Bonchev–Trinajstić information content (AvgIpc) is 2.35. The van der Waals surface area contributed by atoms with E-state index in [0.717, 1.165) is 35.2 Å². The van der Waals surface area contributed by atoms with Gasteiger partial charge in [0, 0.05) is 30.4 Å². The molecule has 2 unspecified atom stereocenters. The topological polar surface area (TPSA) is 38.5 Å². The van der Waals surface area contributed by atoms with Crippen LogP contribution in [0.4, 0.5) is 11.4 Å². The highest BCUT2D eigenvalue weighted by atomic mass is 79.9. The number of anilines is 2. The third-order valence-corrected chi connectivity index (χ3v) is 4.50. The van der Waals surface area contributed by atoms with Crippen LogP contribution in [-0.4, -0.2) is 26.3 Å². The lowest BCUT2D eigenvalue weighted by atomic mass is 9.95. The van der Waals surface area contributed by atoms with E-state index in [1.807, 2.05) is 13.0 Å². The molecule has 1 fully saturated rings. The Morgan fingerprint density at radius 2 is 2.17 bits per heavy atom. The summed E-state index contributed by atoms with van der Waals surface area (Å²) in [6.45, 7) is 6.32. The molecule has 0 amide bonds. The van der Waals surface area contributed by atoms with Gasteiger partial charge in [-0.2, -0.15) is 0 Å². The number of nitrogens with zero attached hydrogens (tertiary/aromatic N) is 1. The van der Waals surface area contributed by atoms with Crippen LogP contribution in [-0.2, 0) is 4.74 Å². The first-order valence-electron chi connectivity index (χ1n) is 6.36. The number of nitrogen functional groups attached to an aromatic ring is 1. The zero-order valence-corrected chi connectivity index (χ0v) is 12.8. The maximum atomic E-state index is 5.92. The standard InChI is InChI=1S/C14H21BrN2O/c1-9-4-5-17(8-14(9)18-3)13-6-10(2)12(16)7-11(13)15/h6-7,9,14H,4-5,8,16H2,1-3H3. The van der Waals surface area contributed by atoms with Crippen molar-refractivity contribution in [2.24, 2.45) is 5.92 Å². The number of hydrogen-bond acceptors (Lipinski definition) is 3. The highest BCUT2D eigenvalue weighted by molar-refractivity contribution is 9.10. The number of ether oxygens (including phenoxy) is 1. The Bertz CT molecular complexity index is 436. The van der Waals surface area contributed by atoms with Crippen molar-refractivity contribution in [1.29, 1.82) is 0 Å². The fourth-order valence-electron chi connectivity index (χ4n) is 2.48. The van der Waals surface area contributed by atoms with Gasteiger partial charge in [-0.25, -0.2) is 0 Å². The molecule has 0 aliphatic carbocycles. The Hall–Kier alpha value is -0.740. The molecule has 18 heavy (non-hydrogen) atoms. The molecular weight excluding hydrogens is 292 g/mol. The van der Waals surface area contributed by atoms with Crippen molar-refractivity contribution in [3.63, 3.8) is 0 Å². The SMILES string of the molecule is COC1CN(c2cc(C)c(N)cc2Br)CCC1C. The molecule has 0 spiro atoms. The van der Waals surface area contributed by atoms with E-state index in [9.17, 15) is 0 Å². The normalized spacial score (nSPS) is 24.3. The minimum atomic E-state index is 0.309. The average molecular weight is 313 g/mol. The summed E-state index contributed by atoms with van der Waals surface area (Å²) >= 11 is 3.61. The second kappa shape index (κ2) is 5.49. The summed E-state index contributed by atoms with van der Waals surface area (Å²) in [5, 5.41) is 0. The second-order valence-corrected chi connectivity index (χ2v) is 6.00. The third-order valence-electron chi connectivity index (χ3n) is 3.87. The first kappa shape index (κ1) is 13.7. The molecule has 0 saturated carbocycles. The highest BCUT2D eigenvalue weighted by Gasteiger charge is 2.27. The van der Waals surface area contributed by atoms with Gasteiger partial charge < -0.3 is 15.4 Å². The molecule has 1 aromatic rings. The van der Waals surface area contributed by atoms with Gasteiger partial charge in [-0.15, -0.1) is 0 Å². The molecule has 1 aromatic carbocycles. The van der Waals surface area contributed by atoms with Gasteiger partial charge >= 0.3 is 0 Å². The van der Waals surface area contributed by atoms with Crippen LogP contribution in [0.15, 0.2) is 16.6 Å². The van der Waals surface area contributed by atoms with Crippen LogP contribution in [0, 0.1) is 12.8 Å². The lowest BCUT2D eigenvalue weighted by molar-refractivity contribution is 0.0498. The van der Waals surface area contributed by atoms with Crippen LogP contribution < -0.4 is 10.6 Å². The predicted molar refractivity (Wildman–Crippen MR) is 80.1 cm³/mol. The van der Waals surface area contributed by atoms with Crippen LogP contribution in [0.1, 0.15) is 18.9 Å². The Morgan fingerprint density at radius 1 is 1.44 bits per heavy atom. The fraction of sp³-hybridized carbons (Fsp3) is 0.571. The number of piperidine rings is 1. The molecule has 2 N–H and O–H groups in total. The lowest BCUT2D eigenvalue weighted by Gasteiger charge is -2.38. The number of methoxy groups -OCH3 is 1. The Labute approximate surface area is 117 Å².